The second-order valence-electron chi connectivity index (χ2n) is 9.46. The maximum Gasteiger partial charge on any atom is 0.433 e. The fraction of sp³-hybridized carbons (Fsp3) is 0.231. The Bertz CT molecular complexity index is 1810. The Morgan fingerprint density at radius 2 is 1.93 bits per heavy atom. The predicted molar refractivity (Wildman–Crippen MR) is 140 cm³/mol. The van der Waals surface area contributed by atoms with Crippen molar-refractivity contribution in [1.82, 2.24) is 29.3 Å². The van der Waals surface area contributed by atoms with Crippen LogP contribution in [-0.4, -0.2) is 35.5 Å². The van der Waals surface area contributed by atoms with Gasteiger partial charge in [-0.15, -0.1) is 0 Å². The van der Waals surface area contributed by atoms with E-state index in [0.717, 1.165) is 12.3 Å². The smallest absolute Gasteiger partial charge is 0.433 e. The van der Waals surface area contributed by atoms with Crippen LogP contribution in [0.15, 0.2) is 59.8 Å². The SMILES string of the molecule is CC(C)n1c(=O)[nH]c2nccc(Oc3ccc(NC4OC4c4cnn(-c5ccc(Cl)cn5)c4C(F)(F)F)cc3F)c21. The van der Waals surface area contributed by atoms with Gasteiger partial charge in [0.05, 0.1) is 11.2 Å². The normalized spacial score (nSPS) is 16.9. The number of nitrogens with zero attached hydrogens (tertiary/aromatic N) is 5. The summed E-state index contributed by atoms with van der Waals surface area (Å²) in [5, 5.41) is 7.01. The summed E-state index contributed by atoms with van der Waals surface area (Å²) in [5.74, 6) is -0.716. The summed E-state index contributed by atoms with van der Waals surface area (Å²) in [5.41, 5.74) is -0.672. The minimum atomic E-state index is -4.76. The van der Waals surface area contributed by atoms with Gasteiger partial charge in [-0.2, -0.15) is 18.3 Å². The Morgan fingerprint density at radius 1 is 1.12 bits per heavy atom. The number of benzene rings is 1. The van der Waals surface area contributed by atoms with Crippen molar-refractivity contribution in [3.05, 3.63) is 87.6 Å². The Balaban J connectivity index is 1.21. The number of imidazole rings is 1. The first-order chi connectivity index (χ1) is 19.5. The number of hydrogen-bond donors (Lipinski definition) is 2. The molecule has 1 fully saturated rings. The molecule has 10 nitrogen and oxygen atoms in total. The van der Waals surface area contributed by atoms with E-state index in [9.17, 15) is 18.0 Å². The topological polar surface area (TPSA) is 115 Å². The zero-order chi connectivity index (χ0) is 29.1. The maximum atomic E-state index is 15.1. The number of nitrogens with one attached hydrogen (secondary N) is 2. The summed E-state index contributed by atoms with van der Waals surface area (Å²) in [6.45, 7) is 3.63. The van der Waals surface area contributed by atoms with Gasteiger partial charge < -0.3 is 14.8 Å². The van der Waals surface area contributed by atoms with E-state index in [2.05, 4.69) is 25.4 Å². The summed E-state index contributed by atoms with van der Waals surface area (Å²) < 4.78 is 70.5. The molecule has 0 bridgehead atoms. The van der Waals surface area contributed by atoms with Gasteiger partial charge in [-0.25, -0.2) is 23.8 Å². The second-order valence-corrected chi connectivity index (χ2v) is 9.90. The number of H-pyrrole nitrogens is 1. The lowest BCUT2D eigenvalue weighted by atomic mass is 10.1. The third-order valence-electron chi connectivity index (χ3n) is 6.34. The molecular weight excluding hydrogens is 570 g/mol. The fourth-order valence-electron chi connectivity index (χ4n) is 4.53. The van der Waals surface area contributed by atoms with E-state index in [1.807, 2.05) is 13.8 Å². The highest BCUT2D eigenvalue weighted by Gasteiger charge is 2.49. The minimum absolute atomic E-state index is 0.0627. The summed E-state index contributed by atoms with van der Waals surface area (Å²) in [4.78, 5) is 23.0. The molecule has 0 radical (unpaired) electrons. The minimum Gasteiger partial charge on any atom is -0.452 e. The summed E-state index contributed by atoms with van der Waals surface area (Å²) >= 11 is 5.80. The third kappa shape index (κ3) is 5.00. The molecule has 212 valence electrons. The van der Waals surface area contributed by atoms with Gasteiger partial charge in [0, 0.05) is 41.8 Å². The molecule has 1 aromatic carbocycles. The van der Waals surface area contributed by atoms with Gasteiger partial charge >= 0.3 is 11.9 Å². The molecule has 5 heterocycles. The van der Waals surface area contributed by atoms with Crippen molar-refractivity contribution in [2.24, 2.45) is 0 Å². The predicted octanol–water partition coefficient (Wildman–Crippen LogP) is 6.00. The van der Waals surface area contributed by atoms with Gasteiger partial charge in [0.2, 0.25) is 0 Å². The Morgan fingerprint density at radius 3 is 2.61 bits per heavy atom. The van der Waals surface area contributed by atoms with Crippen molar-refractivity contribution < 1.29 is 27.0 Å². The molecule has 0 spiro atoms. The molecule has 2 unspecified atom stereocenters. The number of ether oxygens (including phenoxy) is 2. The van der Waals surface area contributed by atoms with Crippen LogP contribution in [0, 0.1) is 5.82 Å². The van der Waals surface area contributed by atoms with Crippen LogP contribution >= 0.6 is 11.6 Å². The monoisotopic (exact) mass is 589 g/mol. The molecule has 1 aliphatic heterocycles. The Labute approximate surface area is 233 Å². The van der Waals surface area contributed by atoms with E-state index in [-0.39, 0.29) is 45.3 Å². The van der Waals surface area contributed by atoms with E-state index >= 15 is 4.39 Å². The fourth-order valence-corrected chi connectivity index (χ4v) is 4.65. The van der Waals surface area contributed by atoms with Crippen LogP contribution in [0.3, 0.4) is 0 Å². The van der Waals surface area contributed by atoms with E-state index < -0.39 is 30.0 Å². The highest BCUT2D eigenvalue weighted by atomic mass is 35.5. The van der Waals surface area contributed by atoms with E-state index in [1.54, 1.807) is 0 Å². The Hall–Kier alpha value is -4.43. The van der Waals surface area contributed by atoms with Crippen LogP contribution in [0.25, 0.3) is 17.0 Å². The van der Waals surface area contributed by atoms with Crippen molar-refractivity contribution in [3.63, 3.8) is 0 Å². The number of halogens is 5. The van der Waals surface area contributed by atoms with Crippen molar-refractivity contribution in [3.8, 4) is 17.3 Å². The van der Waals surface area contributed by atoms with Crippen molar-refractivity contribution >= 4 is 28.5 Å². The average Bonchev–Trinajstić information content (AvgIpc) is 3.34. The molecule has 1 saturated heterocycles. The number of aromatic nitrogens is 6. The van der Waals surface area contributed by atoms with Crippen LogP contribution < -0.4 is 15.7 Å². The molecule has 15 heteroatoms. The van der Waals surface area contributed by atoms with Gasteiger partial charge in [-0.05, 0) is 38.1 Å². The number of hydrogen-bond acceptors (Lipinski definition) is 7. The molecule has 5 aromatic rings. The second kappa shape index (κ2) is 9.89. The average molecular weight is 590 g/mol. The Kier molecular flexibility index (Phi) is 6.46. The largest absolute Gasteiger partial charge is 0.452 e. The van der Waals surface area contributed by atoms with Crippen molar-refractivity contribution in [1.29, 1.82) is 0 Å². The molecule has 6 rings (SSSR count). The molecule has 1 aliphatic rings. The van der Waals surface area contributed by atoms with Crippen LogP contribution in [0.5, 0.6) is 11.5 Å². The zero-order valence-electron chi connectivity index (χ0n) is 21.3. The molecule has 2 N–H and O–H groups in total. The highest BCUT2D eigenvalue weighted by molar-refractivity contribution is 6.30. The third-order valence-corrected chi connectivity index (χ3v) is 6.57. The van der Waals surface area contributed by atoms with Crippen LogP contribution in [0.1, 0.15) is 37.3 Å². The number of epoxide rings is 1. The van der Waals surface area contributed by atoms with E-state index in [4.69, 9.17) is 21.1 Å². The zero-order valence-corrected chi connectivity index (χ0v) is 22.0. The first kappa shape index (κ1) is 26.8. The number of fused-ring (bicyclic) bond motifs is 1. The molecule has 0 saturated carbocycles. The summed E-state index contributed by atoms with van der Waals surface area (Å²) in [6.07, 6.45) is -2.89. The number of alkyl halides is 3. The lowest BCUT2D eigenvalue weighted by Crippen LogP contribution is -2.18. The van der Waals surface area contributed by atoms with Gasteiger partial charge in [0.25, 0.3) is 0 Å². The maximum absolute atomic E-state index is 15.1. The first-order valence-corrected chi connectivity index (χ1v) is 12.6. The van der Waals surface area contributed by atoms with E-state index in [1.165, 1.54) is 47.3 Å². The molecule has 2 atom stereocenters. The highest BCUT2D eigenvalue weighted by Crippen LogP contribution is 2.45. The van der Waals surface area contributed by atoms with Crippen LogP contribution in [0.4, 0.5) is 23.2 Å². The van der Waals surface area contributed by atoms with Crippen molar-refractivity contribution in [2.45, 2.75) is 38.4 Å². The van der Waals surface area contributed by atoms with Crippen LogP contribution in [-0.2, 0) is 10.9 Å². The van der Waals surface area contributed by atoms with Gasteiger partial charge in [-0.1, -0.05) is 11.6 Å². The quantitative estimate of drug-likeness (QED) is 0.177. The number of aromatic amines is 1. The lowest BCUT2D eigenvalue weighted by molar-refractivity contribution is -0.143. The van der Waals surface area contributed by atoms with Gasteiger partial charge in [0.1, 0.15) is 11.6 Å². The number of pyridine rings is 2. The number of anilines is 1. The summed E-state index contributed by atoms with van der Waals surface area (Å²) in [6, 6.07) is 8.01. The van der Waals surface area contributed by atoms with Gasteiger partial charge in [-0.3, -0.25) is 9.55 Å². The molecule has 41 heavy (non-hydrogen) atoms. The van der Waals surface area contributed by atoms with E-state index in [0.29, 0.717) is 15.8 Å². The van der Waals surface area contributed by atoms with Gasteiger partial charge in [0.15, 0.2) is 40.7 Å². The standard InChI is InChI=1S/C26H20ClF4N7O3/c1-12(2)37-20-18(7-8-32-23(20)36-25(37)39)40-17-5-4-14(9-16(17)28)35-24-21(41-24)15-11-34-38(22(15)26(29,30)31)19-6-3-13(27)10-33-19/h3-12,21,24,35H,1-2H3,(H,32,36,39). The number of rotatable bonds is 7. The van der Waals surface area contributed by atoms with Crippen LogP contribution in [0.2, 0.25) is 5.02 Å². The summed E-state index contributed by atoms with van der Waals surface area (Å²) in [7, 11) is 0. The molecule has 4 aromatic heterocycles. The lowest BCUT2D eigenvalue weighted by Gasteiger charge is -2.13. The van der Waals surface area contributed by atoms with Crippen molar-refractivity contribution in [2.75, 3.05) is 5.32 Å². The molecule has 0 amide bonds. The first-order valence-electron chi connectivity index (χ1n) is 12.3. The molecular formula is C26H20ClF4N7O3. The molecule has 0 aliphatic carbocycles.